The Bertz CT molecular complexity index is 807. The van der Waals surface area contributed by atoms with Crippen LogP contribution in [0.2, 0.25) is 0 Å². The molecule has 1 fully saturated rings. The molecule has 5 nitrogen and oxygen atoms in total. The number of carbonyl (C=O) groups is 2. The normalized spacial score (nSPS) is 19.9. The molecule has 2 atom stereocenters. The largest absolute Gasteiger partial charge is 0.327 e. The Balaban J connectivity index is 1.79. The molecule has 0 spiro atoms. The number of hydrogen-bond donors (Lipinski definition) is 1. The molecule has 136 valence electrons. The number of halogens is 1. The van der Waals surface area contributed by atoms with Crippen molar-refractivity contribution in [3.05, 3.63) is 59.7 Å². The van der Waals surface area contributed by atoms with E-state index in [1.165, 1.54) is 18.3 Å². The van der Waals surface area contributed by atoms with Crippen LogP contribution in [0.15, 0.2) is 42.7 Å². The third kappa shape index (κ3) is 4.07. The molecule has 0 bridgehead atoms. The van der Waals surface area contributed by atoms with E-state index in [0.29, 0.717) is 18.2 Å². The van der Waals surface area contributed by atoms with Crippen LogP contribution in [0.25, 0.3) is 0 Å². The van der Waals surface area contributed by atoms with Crippen LogP contribution in [-0.2, 0) is 9.59 Å². The van der Waals surface area contributed by atoms with Crippen LogP contribution < -0.4 is 5.32 Å². The van der Waals surface area contributed by atoms with Crippen molar-refractivity contribution in [2.24, 2.45) is 5.92 Å². The monoisotopic (exact) mass is 355 g/mol. The van der Waals surface area contributed by atoms with Crippen LogP contribution in [-0.4, -0.2) is 28.2 Å². The van der Waals surface area contributed by atoms with Crippen LogP contribution in [0, 0.1) is 18.7 Å². The predicted molar refractivity (Wildman–Crippen MR) is 96.9 cm³/mol. The van der Waals surface area contributed by atoms with Gasteiger partial charge in [0, 0.05) is 12.7 Å². The van der Waals surface area contributed by atoms with Crippen molar-refractivity contribution < 1.29 is 14.0 Å². The van der Waals surface area contributed by atoms with Crippen molar-refractivity contribution in [2.75, 3.05) is 11.9 Å². The van der Waals surface area contributed by atoms with Gasteiger partial charge in [0.25, 0.3) is 0 Å². The van der Waals surface area contributed by atoms with Crippen LogP contribution in [0.4, 0.5) is 10.1 Å². The van der Waals surface area contributed by atoms with Crippen molar-refractivity contribution in [2.45, 2.75) is 32.7 Å². The fourth-order valence-electron chi connectivity index (χ4n) is 3.35. The summed E-state index contributed by atoms with van der Waals surface area (Å²) in [7, 11) is 0. The number of carbonyl (C=O) groups excluding carboxylic acids is 2. The number of pyridine rings is 1. The number of piperidine rings is 1. The first-order chi connectivity index (χ1) is 12.4. The second kappa shape index (κ2) is 7.64. The summed E-state index contributed by atoms with van der Waals surface area (Å²) in [5.41, 5.74) is 2.23. The number of anilines is 1. The lowest BCUT2D eigenvalue weighted by Gasteiger charge is -2.38. The van der Waals surface area contributed by atoms with Gasteiger partial charge in [-0.25, -0.2) is 4.39 Å². The maximum atomic E-state index is 13.2. The third-order valence-corrected chi connectivity index (χ3v) is 4.66. The van der Waals surface area contributed by atoms with E-state index in [-0.39, 0.29) is 11.9 Å². The summed E-state index contributed by atoms with van der Waals surface area (Å²) < 4.78 is 13.2. The van der Waals surface area contributed by atoms with Gasteiger partial charge in [-0.2, -0.15) is 0 Å². The number of rotatable bonds is 2. The summed E-state index contributed by atoms with van der Waals surface area (Å²) in [5.74, 6) is -1.27. The Morgan fingerprint density at radius 1 is 1.19 bits per heavy atom. The summed E-state index contributed by atoms with van der Waals surface area (Å²) in [5, 5.41) is 2.62. The van der Waals surface area contributed by atoms with Gasteiger partial charge in [0.1, 0.15) is 5.82 Å². The number of hydrogen-bond acceptors (Lipinski definition) is 3. The van der Waals surface area contributed by atoms with E-state index in [2.05, 4.69) is 17.2 Å². The van der Waals surface area contributed by atoms with Gasteiger partial charge in [0.2, 0.25) is 0 Å². The molecular weight excluding hydrogens is 333 g/mol. The van der Waals surface area contributed by atoms with E-state index in [4.69, 9.17) is 0 Å². The van der Waals surface area contributed by atoms with E-state index in [1.54, 1.807) is 29.3 Å². The number of amides is 2. The Hall–Kier alpha value is -2.76. The van der Waals surface area contributed by atoms with Crippen LogP contribution in [0.1, 0.15) is 36.9 Å². The predicted octanol–water partition coefficient (Wildman–Crippen LogP) is 3.47. The van der Waals surface area contributed by atoms with Crippen LogP contribution in [0.5, 0.6) is 0 Å². The minimum Gasteiger partial charge on any atom is -0.327 e. The number of aromatic nitrogens is 1. The Kier molecular flexibility index (Phi) is 5.30. The molecule has 26 heavy (non-hydrogen) atoms. The summed E-state index contributed by atoms with van der Waals surface area (Å²) in [6.45, 7) is 4.42. The maximum absolute atomic E-state index is 13.2. The maximum Gasteiger partial charge on any atom is 0.313 e. The van der Waals surface area contributed by atoms with Gasteiger partial charge in [-0.3, -0.25) is 14.6 Å². The first-order valence-electron chi connectivity index (χ1n) is 8.73. The molecule has 1 aromatic carbocycles. The summed E-state index contributed by atoms with van der Waals surface area (Å²) in [4.78, 5) is 30.9. The fourth-order valence-corrected chi connectivity index (χ4v) is 3.35. The molecule has 0 unspecified atom stereocenters. The minimum absolute atomic E-state index is 0.222. The molecule has 1 saturated heterocycles. The van der Waals surface area contributed by atoms with Gasteiger partial charge < -0.3 is 10.2 Å². The van der Waals surface area contributed by atoms with E-state index in [0.717, 1.165) is 24.0 Å². The zero-order valence-electron chi connectivity index (χ0n) is 14.9. The number of nitrogens with one attached hydrogen (secondary N) is 1. The van der Waals surface area contributed by atoms with Gasteiger partial charge in [0.05, 0.1) is 17.9 Å². The van der Waals surface area contributed by atoms with E-state index in [9.17, 15) is 14.0 Å². The first kappa shape index (κ1) is 18.0. The van der Waals surface area contributed by atoms with Crippen molar-refractivity contribution in [3.63, 3.8) is 0 Å². The molecule has 0 radical (unpaired) electrons. The zero-order chi connectivity index (χ0) is 18.7. The lowest BCUT2D eigenvalue weighted by atomic mass is 9.90. The highest BCUT2D eigenvalue weighted by atomic mass is 19.1. The molecule has 1 aliphatic heterocycles. The molecule has 2 aromatic rings. The van der Waals surface area contributed by atoms with Gasteiger partial charge in [-0.05, 0) is 55.0 Å². The standard InChI is InChI=1S/C20H22FN3O2/c1-13-3-8-18(15-4-6-16(21)7-5-15)24(12-13)20(26)19(25)23-17-9-14(2)10-22-11-17/h4-7,9-11,13,18H,3,8,12H2,1-2H3,(H,23,25)/t13-,18+/m1/s1. The van der Waals surface area contributed by atoms with E-state index < -0.39 is 11.8 Å². The highest BCUT2D eigenvalue weighted by molar-refractivity contribution is 6.39. The summed E-state index contributed by atoms with van der Waals surface area (Å²) in [6, 6.07) is 7.66. The molecule has 1 aliphatic rings. The second-order valence-electron chi connectivity index (χ2n) is 6.91. The van der Waals surface area contributed by atoms with Gasteiger partial charge in [0.15, 0.2) is 0 Å². The topological polar surface area (TPSA) is 62.3 Å². The smallest absolute Gasteiger partial charge is 0.313 e. The average molecular weight is 355 g/mol. The summed E-state index contributed by atoms with van der Waals surface area (Å²) in [6.07, 6.45) is 4.88. The molecule has 0 saturated carbocycles. The minimum atomic E-state index is -0.682. The number of aryl methyl sites for hydroxylation is 1. The first-order valence-corrected chi connectivity index (χ1v) is 8.73. The fraction of sp³-hybridized carbons (Fsp3) is 0.350. The van der Waals surface area contributed by atoms with Gasteiger partial charge >= 0.3 is 11.8 Å². The Morgan fingerprint density at radius 2 is 1.92 bits per heavy atom. The average Bonchev–Trinajstić information content (AvgIpc) is 2.62. The summed E-state index contributed by atoms with van der Waals surface area (Å²) >= 11 is 0. The molecule has 0 aliphatic carbocycles. The number of nitrogens with zero attached hydrogens (tertiary/aromatic N) is 2. The quantitative estimate of drug-likeness (QED) is 0.839. The molecular formula is C20H22FN3O2. The lowest BCUT2D eigenvalue weighted by molar-refractivity contribution is -0.146. The SMILES string of the molecule is Cc1cncc(NC(=O)C(=O)N2C[C@H](C)CC[C@H]2c2ccc(F)cc2)c1. The van der Waals surface area contributed by atoms with Gasteiger partial charge in [-0.15, -0.1) is 0 Å². The molecule has 1 aromatic heterocycles. The number of likely N-dealkylation sites (tertiary alicyclic amines) is 1. The Labute approximate surface area is 152 Å². The van der Waals surface area contributed by atoms with Gasteiger partial charge in [-0.1, -0.05) is 19.1 Å². The number of benzene rings is 1. The zero-order valence-corrected chi connectivity index (χ0v) is 14.9. The lowest BCUT2D eigenvalue weighted by Crippen LogP contribution is -2.46. The van der Waals surface area contributed by atoms with E-state index >= 15 is 0 Å². The van der Waals surface area contributed by atoms with E-state index in [1.807, 2.05) is 6.92 Å². The highest BCUT2D eigenvalue weighted by Gasteiger charge is 2.34. The van der Waals surface area contributed by atoms with Crippen molar-refractivity contribution in [3.8, 4) is 0 Å². The molecule has 6 heteroatoms. The van der Waals surface area contributed by atoms with Crippen molar-refractivity contribution in [1.82, 2.24) is 9.88 Å². The van der Waals surface area contributed by atoms with Crippen molar-refractivity contribution >= 4 is 17.5 Å². The third-order valence-electron chi connectivity index (χ3n) is 4.66. The molecule has 1 N–H and O–H groups in total. The second-order valence-corrected chi connectivity index (χ2v) is 6.91. The molecule has 3 rings (SSSR count). The van der Waals surface area contributed by atoms with Crippen molar-refractivity contribution in [1.29, 1.82) is 0 Å². The highest BCUT2D eigenvalue weighted by Crippen LogP contribution is 2.33. The Morgan fingerprint density at radius 3 is 2.62 bits per heavy atom. The van der Waals surface area contributed by atoms with Crippen LogP contribution in [0.3, 0.4) is 0 Å². The molecule has 2 amide bonds. The molecule has 2 heterocycles. The van der Waals surface area contributed by atoms with Crippen LogP contribution >= 0.6 is 0 Å².